The number of likely N-dealkylation sites (tertiary alicyclic amines) is 1. The summed E-state index contributed by atoms with van der Waals surface area (Å²) in [5.41, 5.74) is 2.18. The molecule has 0 bridgehead atoms. The second kappa shape index (κ2) is 13.5. The molecule has 4 rings (SSSR count). The number of para-hydroxylation sites is 1. The summed E-state index contributed by atoms with van der Waals surface area (Å²) >= 11 is 0. The molecule has 39 heavy (non-hydrogen) atoms. The highest BCUT2D eigenvalue weighted by atomic mass is 16.6. The van der Waals surface area contributed by atoms with Gasteiger partial charge in [0.05, 0.1) is 7.11 Å². The third-order valence-corrected chi connectivity index (χ3v) is 6.33. The average Bonchev–Trinajstić information content (AvgIpc) is 2.93. The molecule has 204 valence electrons. The van der Waals surface area contributed by atoms with E-state index in [1.165, 1.54) is 20.1 Å². The standard InChI is InChI=1S/C31H34N2O6/c1-22(34)38-30-20-23(8-14-29(30)36-3)9-15-31(35)32-28-7-5-4-6-24(28)21-37-25-10-12-26(13-11-25)39-27-16-18-33(2)19-17-27/h4-15,20,27H,16-19,21H2,1-3H3,(H,32,35)/b15-9+. The number of anilines is 1. The maximum Gasteiger partial charge on any atom is 0.308 e. The topological polar surface area (TPSA) is 86.3 Å². The van der Waals surface area contributed by atoms with Crippen molar-refractivity contribution in [2.24, 2.45) is 0 Å². The number of amides is 1. The van der Waals surface area contributed by atoms with Crippen molar-refractivity contribution in [3.8, 4) is 23.0 Å². The van der Waals surface area contributed by atoms with Gasteiger partial charge in [0.25, 0.3) is 0 Å². The summed E-state index contributed by atoms with van der Waals surface area (Å²) in [5, 5.41) is 2.90. The molecule has 1 fully saturated rings. The van der Waals surface area contributed by atoms with Crippen LogP contribution in [0.1, 0.15) is 30.9 Å². The van der Waals surface area contributed by atoms with Gasteiger partial charge in [-0.3, -0.25) is 9.59 Å². The van der Waals surface area contributed by atoms with Gasteiger partial charge in [-0.15, -0.1) is 0 Å². The molecule has 1 aliphatic rings. The van der Waals surface area contributed by atoms with Crippen molar-refractivity contribution < 1.29 is 28.5 Å². The number of nitrogens with zero attached hydrogens (tertiary/aromatic N) is 1. The SMILES string of the molecule is COc1ccc(/C=C/C(=O)Nc2ccccc2COc2ccc(OC3CCN(C)CC3)cc2)cc1OC(C)=O. The van der Waals surface area contributed by atoms with E-state index in [2.05, 4.69) is 17.3 Å². The average molecular weight is 531 g/mol. The van der Waals surface area contributed by atoms with Gasteiger partial charge in [-0.05, 0) is 74.0 Å². The van der Waals surface area contributed by atoms with Gasteiger partial charge in [0.1, 0.15) is 24.2 Å². The summed E-state index contributed by atoms with van der Waals surface area (Å²) in [6.07, 6.45) is 5.36. The highest BCUT2D eigenvalue weighted by molar-refractivity contribution is 6.02. The van der Waals surface area contributed by atoms with Crippen LogP contribution in [0.2, 0.25) is 0 Å². The maximum absolute atomic E-state index is 12.7. The van der Waals surface area contributed by atoms with Crippen molar-refractivity contribution in [3.63, 3.8) is 0 Å². The van der Waals surface area contributed by atoms with Gasteiger partial charge >= 0.3 is 5.97 Å². The lowest BCUT2D eigenvalue weighted by Gasteiger charge is -2.29. The van der Waals surface area contributed by atoms with Gasteiger partial charge in [0, 0.05) is 37.3 Å². The lowest BCUT2D eigenvalue weighted by molar-refractivity contribution is -0.132. The summed E-state index contributed by atoms with van der Waals surface area (Å²) in [4.78, 5) is 26.3. The van der Waals surface area contributed by atoms with E-state index in [1.54, 1.807) is 24.3 Å². The van der Waals surface area contributed by atoms with Crippen molar-refractivity contribution in [3.05, 3.63) is 83.9 Å². The summed E-state index contributed by atoms with van der Waals surface area (Å²) < 4.78 is 22.5. The molecule has 0 unspecified atom stereocenters. The van der Waals surface area contributed by atoms with Gasteiger partial charge in [0.15, 0.2) is 11.5 Å². The Morgan fingerprint density at radius 3 is 2.41 bits per heavy atom. The van der Waals surface area contributed by atoms with Gasteiger partial charge < -0.3 is 29.2 Å². The first-order valence-corrected chi connectivity index (χ1v) is 12.9. The lowest BCUT2D eigenvalue weighted by Crippen LogP contribution is -2.35. The Balaban J connectivity index is 1.33. The minimum atomic E-state index is -0.456. The smallest absolute Gasteiger partial charge is 0.308 e. The molecular weight excluding hydrogens is 496 g/mol. The van der Waals surface area contributed by atoms with Crippen LogP contribution in [0, 0.1) is 0 Å². The quantitative estimate of drug-likeness (QED) is 0.216. The molecule has 0 spiro atoms. The molecule has 3 aromatic carbocycles. The Bertz CT molecular complexity index is 1300. The zero-order chi connectivity index (χ0) is 27.6. The van der Waals surface area contributed by atoms with Crippen LogP contribution in [0.3, 0.4) is 0 Å². The molecule has 1 N–H and O–H groups in total. The fourth-order valence-corrected chi connectivity index (χ4v) is 4.22. The number of benzene rings is 3. The number of esters is 1. The van der Waals surface area contributed by atoms with Crippen molar-refractivity contribution in [2.45, 2.75) is 32.5 Å². The largest absolute Gasteiger partial charge is 0.493 e. The minimum absolute atomic E-state index is 0.248. The van der Waals surface area contributed by atoms with Gasteiger partial charge in [-0.25, -0.2) is 0 Å². The first-order valence-electron chi connectivity index (χ1n) is 12.9. The lowest BCUT2D eigenvalue weighted by atomic mass is 10.1. The zero-order valence-electron chi connectivity index (χ0n) is 22.5. The van der Waals surface area contributed by atoms with E-state index in [9.17, 15) is 9.59 Å². The molecule has 0 atom stereocenters. The molecule has 1 aliphatic heterocycles. The van der Waals surface area contributed by atoms with Crippen LogP contribution in [0.15, 0.2) is 72.8 Å². The molecule has 1 heterocycles. The number of carbonyl (C=O) groups excluding carboxylic acids is 2. The number of piperidine rings is 1. The second-order valence-corrected chi connectivity index (χ2v) is 9.36. The molecule has 8 nitrogen and oxygen atoms in total. The van der Waals surface area contributed by atoms with Crippen LogP contribution < -0.4 is 24.3 Å². The van der Waals surface area contributed by atoms with Gasteiger partial charge in [-0.2, -0.15) is 0 Å². The number of nitrogens with one attached hydrogen (secondary N) is 1. The molecular formula is C31H34N2O6. The zero-order valence-corrected chi connectivity index (χ0v) is 22.5. The molecule has 8 heteroatoms. The van der Waals surface area contributed by atoms with Crippen LogP contribution in [0.4, 0.5) is 5.69 Å². The van der Waals surface area contributed by atoms with E-state index in [0.29, 0.717) is 23.6 Å². The third-order valence-electron chi connectivity index (χ3n) is 6.33. The molecule has 0 aliphatic carbocycles. The van der Waals surface area contributed by atoms with E-state index in [-0.39, 0.29) is 17.8 Å². The van der Waals surface area contributed by atoms with Crippen LogP contribution in [-0.2, 0) is 16.2 Å². The number of hydrogen-bond acceptors (Lipinski definition) is 7. The van der Waals surface area contributed by atoms with E-state index in [4.69, 9.17) is 18.9 Å². The summed E-state index contributed by atoms with van der Waals surface area (Å²) in [7, 11) is 3.63. The van der Waals surface area contributed by atoms with Gasteiger partial charge in [0.2, 0.25) is 5.91 Å². The predicted octanol–water partition coefficient (Wildman–Crippen LogP) is 5.32. The number of hydrogen-bond donors (Lipinski definition) is 1. The number of rotatable bonds is 10. The van der Waals surface area contributed by atoms with Gasteiger partial charge in [-0.1, -0.05) is 24.3 Å². The predicted molar refractivity (Wildman–Crippen MR) is 150 cm³/mol. The van der Waals surface area contributed by atoms with Crippen molar-refractivity contribution in [1.29, 1.82) is 0 Å². The molecule has 0 radical (unpaired) electrons. The van der Waals surface area contributed by atoms with Crippen molar-refractivity contribution >= 4 is 23.6 Å². The highest BCUT2D eigenvalue weighted by Gasteiger charge is 2.18. The Morgan fingerprint density at radius 2 is 1.69 bits per heavy atom. The molecule has 0 aromatic heterocycles. The normalized spacial score (nSPS) is 14.1. The monoisotopic (exact) mass is 530 g/mol. The van der Waals surface area contributed by atoms with Crippen LogP contribution in [0.5, 0.6) is 23.0 Å². The Hall–Kier alpha value is -4.30. The Morgan fingerprint density at radius 1 is 0.974 bits per heavy atom. The summed E-state index contributed by atoms with van der Waals surface area (Å²) in [6.45, 7) is 3.71. The molecule has 1 saturated heterocycles. The third kappa shape index (κ3) is 8.35. The molecule has 1 amide bonds. The van der Waals surface area contributed by atoms with Crippen LogP contribution >= 0.6 is 0 Å². The minimum Gasteiger partial charge on any atom is -0.493 e. The number of carbonyl (C=O) groups is 2. The fraction of sp³-hybridized carbons (Fsp3) is 0.290. The number of ether oxygens (including phenoxy) is 4. The first-order chi connectivity index (χ1) is 18.9. The molecule has 0 saturated carbocycles. The van der Waals surface area contributed by atoms with E-state index in [0.717, 1.165) is 43.0 Å². The van der Waals surface area contributed by atoms with Crippen LogP contribution in [-0.4, -0.2) is 50.1 Å². The summed E-state index contributed by atoms with van der Waals surface area (Å²) in [6, 6.07) is 20.2. The highest BCUT2D eigenvalue weighted by Crippen LogP contribution is 2.29. The number of methoxy groups -OCH3 is 1. The fourth-order valence-electron chi connectivity index (χ4n) is 4.22. The van der Waals surface area contributed by atoms with E-state index >= 15 is 0 Å². The summed E-state index contributed by atoms with van der Waals surface area (Å²) in [5.74, 6) is 1.52. The maximum atomic E-state index is 12.7. The first kappa shape index (κ1) is 27.7. The Labute approximate surface area is 229 Å². The molecule has 3 aromatic rings. The van der Waals surface area contributed by atoms with Crippen molar-refractivity contribution in [1.82, 2.24) is 4.90 Å². The Kier molecular flexibility index (Phi) is 9.58. The van der Waals surface area contributed by atoms with Crippen molar-refractivity contribution in [2.75, 3.05) is 32.6 Å². The van der Waals surface area contributed by atoms with Crippen LogP contribution in [0.25, 0.3) is 6.08 Å². The van der Waals surface area contributed by atoms with E-state index < -0.39 is 5.97 Å². The second-order valence-electron chi connectivity index (χ2n) is 9.36. The van der Waals surface area contributed by atoms with E-state index in [1.807, 2.05) is 48.5 Å².